The highest BCUT2D eigenvalue weighted by Gasteiger charge is 2.64. The van der Waals surface area contributed by atoms with Crippen LogP contribution in [0, 0.1) is 28.6 Å². The van der Waals surface area contributed by atoms with Crippen LogP contribution in [-0.4, -0.2) is 22.8 Å². The van der Waals surface area contributed by atoms with Gasteiger partial charge in [0.2, 0.25) is 0 Å². The molecule has 0 aliphatic heterocycles. The molecular formula is C23H34O3. The topological polar surface area (TPSA) is 46.5 Å². The summed E-state index contributed by atoms with van der Waals surface area (Å²) in [6.45, 7) is 10.4. The van der Waals surface area contributed by atoms with E-state index in [2.05, 4.69) is 26.5 Å². The fourth-order valence-corrected chi connectivity index (χ4v) is 7.48. The van der Waals surface area contributed by atoms with Crippen LogP contribution in [0.4, 0.5) is 0 Å². The molecule has 0 heterocycles. The van der Waals surface area contributed by atoms with E-state index in [-0.39, 0.29) is 22.9 Å². The van der Waals surface area contributed by atoms with Crippen LogP contribution in [0.2, 0.25) is 0 Å². The van der Waals surface area contributed by atoms with Crippen LogP contribution in [0.3, 0.4) is 0 Å². The average molecular weight is 359 g/mol. The quantitative estimate of drug-likeness (QED) is 0.570. The molecule has 4 rings (SSSR count). The number of hydrogen-bond acceptors (Lipinski definition) is 3. The van der Waals surface area contributed by atoms with Gasteiger partial charge in [-0.05, 0) is 80.6 Å². The second-order valence-corrected chi connectivity index (χ2v) is 9.84. The minimum absolute atomic E-state index is 0.00251. The Morgan fingerprint density at radius 1 is 1.23 bits per heavy atom. The highest BCUT2D eigenvalue weighted by Crippen LogP contribution is 2.68. The molecule has 144 valence electrons. The van der Waals surface area contributed by atoms with Gasteiger partial charge < -0.3 is 9.84 Å². The van der Waals surface area contributed by atoms with Gasteiger partial charge in [-0.25, -0.2) is 0 Å². The standard InChI is InChI=1S/C23H34O3/c1-5-23(26-15(2)24)13-10-20-18-7-6-16-14-17(25)8-11-21(16,3)19(18)9-12-22(20,23)4/h5-6,17-20,25H,1,7-14H2,2-4H3/t17-,18+,19-,20-,21-,22-,23-/m0/s1. The molecule has 0 saturated heterocycles. The number of esters is 1. The zero-order valence-electron chi connectivity index (χ0n) is 16.6. The van der Waals surface area contributed by atoms with Crippen LogP contribution < -0.4 is 0 Å². The number of hydrogen-bond donors (Lipinski definition) is 1. The summed E-state index contributed by atoms with van der Waals surface area (Å²) in [5.41, 5.74) is 1.26. The lowest BCUT2D eigenvalue weighted by molar-refractivity contribution is -0.170. The summed E-state index contributed by atoms with van der Waals surface area (Å²) >= 11 is 0. The van der Waals surface area contributed by atoms with Gasteiger partial charge in [0.15, 0.2) is 0 Å². The third kappa shape index (κ3) is 2.32. The molecule has 0 bridgehead atoms. The molecule has 0 amide bonds. The second kappa shape index (κ2) is 5.95. The Labute approximate surface area is 157 Å². The summed E-state index contributed by atoms with van der Waals surface area (Å²) in [4.78, 5) is 11.8. The van der Waals surface area contributed by atoms with Crippen molar-refractivity contribution in [3.05, 3.63) is 24.3 Å². The molecule has 0 spiro atoms. The predicted octanol–water partition coefficient (Wildman–Crippen LogP) is 4.80. The van der Waals surface area contributed by atoms with E-state index in [0.717, 1.165) is 44.9 Å². The van der Waals surface area contributed by atoms with Gasteiger partial charge in [-0.1, -0.05) is 32.1 Å². The molecule has 0 unspecified atom stereocenters. The summed E-state index contributed by atoms with van der Waals surface area (Å²) in [7, 11) is 0. The Hall–Kier alpha value is -1.09. The van der Waals surface area contributed by atoms with E-state index in [1.807, 2.05) is 6.08 Å². The van der Waals surface area contributed by atoms with E-state index in [9.17, 15) is 9.90 Å². The number of aliphatic hydroxyl groups is 1. The molecular weight excluding hydrogens is 324 g/mol. The lowest BCUT2D eigenvalue weighted by Gasteiger charge is -2.59. The van der Waals surface area contributed by atoms with E-state index in [4.69, 9.17) is 4.74 Å². The number of ether oxygens (including phenoxy) is 1. The largest absolute Gasteiger partial charge is 0.454 e. The summed E-state index contributed by atoms with van der Waals surface area (Å²) < 4.78 is 5.94. The summed E-state index contributed by atoms with van der Waals surface area (Å²) in [6, 6.07) is 0. The van der Waals surface area contributed by atoms with Crippen molar-refractivity contribution in [1.29, 1.82) is 0 Å². The van der Waals surface area contributed by atoms with E-state index >= 15 is 0 Å². The molecule has 3 fully saturated rings. The van der Waals surface area contributed by atoms with Crippen molar-refractivity contribution in [2.75, 3.05) is 0 Å². The van der Waals surface area contributed by atoms with Gasteiger partial charge in [-0.15, -0.1) is 0 Å². The Balaban J connectivity index is 1.68. The van der Waals surface area contributed by atoms with Gasteiger partial charge in [0, 0.05) is 12.3 Å². The van der Waals surface area contributed by atoms with Crippen LogP contribution in [-0.2, 0) is 9.53 Å². The van der Waals surface area contributed by atoms with E-state index in [1.54, 1.807) is 0 Å². The first-order chi connectivity index (χ1) is 12.3. The number of aliphatic hydroxyl groups excluding tert-OH is 1. The Kier molecular flexibility index (Phi) is 4.19. The molecule has 0 radical (unpaired) electrons. The van der Waals surface area contributed by atoms with Crippen molar-refractivity contribution in [2.45, 2.75) is 83.8 Å². The molecule has 3 nitrogen and oxygen atoms in total. The van der Waals surface area contributed by atoms with Gasteiger partial charge in [0.25, 0.3) is 0 Å². The average Bonchev–Trinajstić information content (AvgIpc) is 2.88. The fraction of sp³-hybridized carbons (Fsp3) is 0.783. The van der Waals surface area contributed by atoms with Gasteiger partial charge in [-0.3, -0.25) is 4.79 Å². The van der Waals surface area contributed by atoms with Crippen molar-refractivity contribution in [2.24, 2.45) is 28.6 Å². The number of allylic oxidation sites excluding steroid dienone is 1. The number of rotatable bonds is 2. The lowest BCUT2D eigenvalue weighted by Crippen LogP contribution is -2.55. The second-order valence-electron chi connectivity index (χ2n) is 9.84. The normalized spacial score (nSPS) is 50.1. The van der Waals surface area contributed by atoms with E-state index in [1.165, 1.54) is 18.9 Å². The fourth-order valence-electron chi connectivity index (χ4n) is 7.48. The molecule has 3 saturated carbocycles. The van der Waals surface area contributed by atoms with Crippen molar-refractivity contribution in [1.82, 2.24) is 0 Å². The Morgan fingerprint density at radius 2 is 1.96 bits per heavy atom. The zero-order valence-corrected chi connectivity index (χ0v) is 16.6. The van der Waals surface area contributed by atoms with Crippen LogP contribution >= 0.6 is 0 Å². The SMILES string of the molecule is C=C[C@]1(OC(C)=O)CC[C@H]2[C@@H]3CC=C4C[C@@H](O)CC[C@]4(C)[C@H]3CC[C@@]21C. The Morgan fingerprint density at radius 3 is 2.65 bits per heavy atom. The first kappa shape index (κ1) is 18.3. The minimum Gasteiger partial charge on any atom is -0.454 e. The molecule has 0 aromatic carbocycles. The van der Waals surface area contributed by atoms with Gasteiger partial charge in [0.05, 0.1) is 6.10 Å². The van der Waals surface area contributed by atoms with Crippen LogP contribution in [0.25, 0.3) is 0 Å². The highest BCUT2D eigenvalue weighted by molar-refractivity contribution is 5.67. The van der Waals surface area contributed by atoms with Crippen LogP contribution in [0.15, 0.2) is 24.3 Å². The maximum Gasteiger partial charge on any atom is 0.303 e. The summed E-state index contributed by atoms with van der Waals surface area (Å²) in [5.74, 6) is 1.76. The molecule has 7 atom stereocenters. The molecule has 4 aliphatic rings. The smallest absolute Gasteiger partial charge is 0.303 e. The van der Waals surface area contributed by atoms with Gasteiger partial charge in [-0.2, -0.15) is 0 Å². The van der Waals surface area contributed by atoms with Crippen LogP contribution in [0.5, 0.6) is 0 Å². The predicted molar refractivity (Wildman–Crippen MR) is 102 cm³/mol. The van der Waals surface area contributed by atoms with Crippen LogP contribution in [0.1, 0.15) is 72.1 Å². The van der Waals surface area contributed by atoms with Gasteiger partial charge >= 0.3 is 5.97 Å². The van der Waals surface area contributed by atoms with Crippen molar-refractivity contribution in [3.63, 3.8) is 0 Å². The van der Waals surface area contributed by atoms with Crippen molar-refractivity contribution >= 4 is 5.97 Å². The zero-order chi connectivity index (χ0) is 18.7. The van der Waals surface area contributed by atoms with Crippen molar-refractivity contribution in [3.8, 4) is 0 Å². The third-order valence-electron chi connectivity index (χ3n) is 8.92. The molecule has 0 aromatic rings. The third-order valence-corrected chi connectivity index (χ3v) is 8.92. The molecule has 0 aromatic heterocycles. The number of carbonyl (C=O) groups excluding carboxylic acids is 1. The molecule has 4 aliphatic carbocycles. The highest BCUT2D eigenvalue weighted by atomic mass is 16.6. The Bertz CT molecular complexity index is 652. The monoisotopic (exact) mass is 358 g/mol. The minimum atomic E-state index is -0.498. The van der Waals surface area contributed by atoms with E-state index in [0.29, 0.717) is 17.8 Å². The molecule has 3 heteroatoms. The summed E-state index contributed by atoms with van der Waals surface area (Å²) in [6.07, 6.45) is 12.6. The maximum atomic E-state index is 11.8. The van der Waals surface area contributed by atoms with Gasteiger partial charge in [0.1, 0.15) is 5.60 Å². The summed E-state index contributed by atoms with van der Waals surface area (Å²) in [5, 5.41) is 10.1. The first-order valence-corrected chi connectivity index (χ1v) is 10.5. The molecule has 26 heavy (non-hydrogen) atoms. The van der Waals surface area contributed by atoms with E-state index < -0.39 is 5.60 Å². The number of fused-ring (bicyclic) bond motifs is 5. The lowest BCUT2D eigenvalue weighted by atomic mass is 9.47. The first-order valence-electron chi connectivity index (χ1n) is 10.5. The molecule has 1 N–H and O–H groups in total. The number of carbonyl (C=O) groups is 1. The maximum absolute atomic E-state index is 11.8. The van der Waals surface area contributed by atoms with Crippen molar-refractivity contribution < 1.29 is 14.6 Å².